The zero-order chi connectivity index (χ0) is 23.3. The number of nitrogens with one attached hydrogen (secondary N) is 2. The summed E-state index contributed by atoms with van der Waals surface area (Å²) in [7, 11) is 1.42. The number of carbonyl (C=O) groups excluding carboxylic acids is 1. The average Bonchev–Trinajstić information content (AvgIpc) is 2.93. The van der Waals surface area contributed by atoms with E-state index in [4.69, 9.17) is 4.74 Å². The fraction of sp³-hybridized carbons (Fsp3) is 0.296. The zero-order valence-electron chi connectivity index (χ0n) is 19.4. The molecule has 34 heavy (non-hydrogen) atoms. The molecular formula is C27H29N5O2. The number of aromatic nitrogens is 2. The van der Waals surface area contributed by atoms with Crippen molar-refractivity contribution in [2.75, 3.05) is 51.3 Å². The van der Waals surface area contributed by atoms with Gasteiger partial charge in [-0.1, -0.05) is 36.4 Å². The van der Waals surface area contributed by atoms with Gasteiger partial charge in [-0.3, -0.25) is 0 Å². The smallest absolute Gasteiger partial charge is 0.338 e. The first-order chi connectivity index (χ1) is 16.7. The molecule has 1 aromatic heterocycles. The molecule has 174 valence electrons. The van der Waals surface area contributed by atoms with Crippen molar-refractivity contribution in [1.82, 2.24) is 20.6 Å². The minimum absolute atomic E-state index is 0.308. The Morgan fingerprint density at radius 2 is 1.62 bits per heavy atom. The molecule has 1 saturated heterocycles. The number of nitrogens with zero attached hydrogens (tertiary/aromatic N) is 3. The van der Waals surface area contributed by atoms with Crippen molar-refractivity contribution in [3.63, 3.8) is 0 Å². The van der Waals surface area contributed by atoms with Crippen molar-refractivity contribution >= 4 is 17.2 Å². The van der Waals surface area contributed by atoms with Crippen LogP contribution in [0, 0.1) is 0 Å². The Hall–Kier alpha value is -3.55. The van der Waals surface area contributed by atoms with Crippen LogP contribution in [-0.2, 0) is 4.74 Å². The van der Waals surface area contributed by atoms with Gasteiger partial charge in [-0.05, 0) is 47.4 Å². The molecular weight excluding hydrogens is 426 g/mol. The van der Waals surface area contributed by atoms with Crippen molar-refractivity contribution < 1.29 is 9.53 Å². The van der Waals surface area contributed by atoms with E-state index in [9.17, 15) is 4.79 Å². The van der Waals surface area contributed by atoms with E-state index in [1.165, 1.54) is 12.7 Å². The van der Waals surface area contributed by atoms with E-state index in [1.807, 2.05) is 36.7 Å². The summed E-state index contributed by atoms with van der Waals surface area (Å²) in [6.45, 7) is 5.63. The Morgan fingerprint density at radius 3 is 2.29 bits per heavy atom. The van der Waals surface area contributed by atoms with E-state index >= 15 is 0 Å². The monoisotopic (exact) mass is 455 g/mol. The predicted molar refractivity (Wildman–Crippen MR) is 135 cm³/mol. The van der Waals surface area contributed by atoms with Gasteiger partial charge in [-0.2, -0.15) is 0 Å². The molecule has 2 N–H and O–H groups in total. The van der Waals surface area contributed by atoms with Crippen LogP contribution in [0.4, 0.5) is 5.69 Å². The van der Waals surface area contributed by atoms with Gasteiger partial charge in [0.2, 0.25) is 0 Å². The van der Waals surface area contributed by atoms with Crippen LogP contribution in [0.25, 0.3) is 28.1 Å². The molecule has 0 spiro atoms. The van der Waals surface area contributed by atoms with Gasteiger partial charge in [0.05, 0.1) is 30.8 Å². The fourth-order valence-electron chi connectivity index (χ4n) is 4.51. The molecule has 0 radical (unpaired) electrons. The van der Waals surface area contributed by atoms with Crippen molar-refractivity contribution in [2.45, 2.75) is 6.42 Å². The highest BCUT2D eigenvalue weighted by atomic mass is 16.5. The van der Waals surface area contributed by atoms with Crippen LogP contribution in [0.3, 0.4) is 0 Å². The maximum absolute atomic E-state index is 12.4. The number of carbonyl (C=O) groups is 1. The standard InChI is InChI=1S/C27H29N5O2/c1-34-27(33)24-7-6-22(16-25(24)20-8-10-28-11-9-20)19-2-4-21(5-3-19)26-30-17-23(18-31-26)32-14-12-29-13-15-32/h2-8,16-18,28-29H,9-15H2,1H3. The molecule has 0 atom stereocenters. The molecule has 3 aromatic rings. The third-order valence-electron chi connectivity index (χ3n) is 6.43. The molecule has 5 rings (SSSR count). The van der Waals surface area contributed by atoms with Gasteiger partial charge < -0.3 is 20.3 Å². The number of esters is 1. The summed E-state index contributed by atoms with van der Waals surface area (Å²) in [4.78, 5) is 23.9. The van der Waals surface area contributed by atoms with Gasteiger partial charge in [-0.15, -0.1) is 0 Å². The Morgan fingerprint density at radius 1 is 0.912 bits per heavy atom. The van der Waals surface area contributed by atoms with Crippen LogP contribution >= 0.6 is 0 Å². The summed E-state index contributed by atoms with van der Waals surface area (Å²) >= 11 is 0. The lowest BCUT2D eigenvalue weighted by atomic mass is 9.91. The van der Waals surface area contributed by atoms with E-state index in [2.05, 4.69) is 49.8 Å². The number of anilines is 1. The Balaban J connectivity index is 1.39. The van der Waals surface area contributed by atoms with Gasteiger partial charge in [-0.25, -0.2) is 14.8 Å². The summed E-state index contributed by atoms with van der Waals surface area (Å²) in [6.07, 6.45) is 6.85. The maximum Gasteiger partial charge on any atom is 0.338 e. The molecule has 2 aromatic carbocycles. The van der Waals surface area contributed by atoms with E-state index in [0.717, 1.165) is 73.6 Å². The highest BCUT2D eigenvalue weighted by molar-refractivity contribution is 5.96. The second kappa shape index (κ2) is 10.2. The number of piperazine rings is 1. The quantitative estimate of drug-likeness (QED) is 0.571. The molecule has 7 heteroatoms. The van der Waals surface area contributed by atoms with Crippen molar-refractivity contribution in [3.05, 3.63) is 72.1 Å². The molecule has 0 unspecified atom stereocenters. The third-order valence-corrected chi connectivity index (χ3v) is 6.43. The van der Waals surface area contributed by atoms with Crippen LogP contribution < -0.4 is 15.5 Å². The number of ether oxygens (including phenoxy) is 1. The van der Waals surface area contributed by atoms with Gasteiger partial charge >= 0.3 is 5.97 Å². The first kappa shape index (κ1) is 22.3. The summed E-state index contributed by atoms with van der Waals surface area (Å²) in [5.74, 6) is 0.407. The summed E-state index contributed by atoms with van der Waals surface area (Å²) < 4.78 is 5.02. The van der Waals surface area contributed by atoms with E-state index in [0.29, 0.717) is 11.4 Å². The molecule has 7 nitrogen and oxygen atoms in total. The number of rotatable bonds is 5. The number of methoxy groups -OCH3 is 1. The normalized spacial score (nSPS) is 16.1. The van der Waals surface area contributed by atoms with Crippen LogP contribution in [-0.4, -0.2) is 62.3 Å². The lowest BCUT2D eigenvalue weighted by Crippen LogP contribution is -2.43. The number of hydrogen-bond donors (Lipinski definition) is 2. The minimum Gasteiger partial charge on any atom is -0.465 e. The van der Waals surface area contributed by atoms with Crippen LogP contribution in [0.1, 0.15) is 22.3 Å². The lowest BCUT2D eigenvalue weighted by Gasteiger charge is -2.28. The van der Waals surface area contributed by atoms with Crippen LogP contribution in [0.5, 0.6) is 0 Å². The Labute approximate surface area is 199 Å². The SMILES string of the molecule is COC(=O)c1ccc(-c2ccc(-c3ncc(N4CCNCC4)cn3)cc2)cc1C1=CCNCC1. The molecule has 2 aliphatic heterocycles. The largest absolute Gasteiger partial charge is 0.465 e. The average molecular weight is 456 g/mol. The third kappa shape index (κ3) is 4.71. The van der Waals surface area contributed by atoms with Crippen molar-refractivity contribution in [1.29, 1.82) is 0 Å². The maximum atomic E-state index is 12.4. The molecule has 3 heterocycles. The molecule has 1 fully saturated rings. The number of hydrogen-bond acceptors (Lipinski definition) is 7. The predicted octanol–water partition coefficient (Wildman–Crippen LogP) is 3.38. The molecule has 0 aliphatic carbocycles. The summed E-state index contributed by atoms with van der Waals surface area (Å²) in [6, 6.07) is 14.2. The van der Waals surface area contributed by atoms with Gasteiger partial charge in [0.25, 0.3) is 0 Å². The molecule has 0 bridgehead atoms. The van der Waals surface area contributed by atoms with Crippen molar-refractivity contribution in [2.24, 2.45) is 0 Å². The second-order valence-corrected chi connectivity index (χ2v) is 8.51. The van der Waals surface area contributed by atoms with Crippen LogP contribution in [0.2, 0.25) is 0 Å². The molecule has 0 amide bonds. The molecule has 2 aliphatic rings. The van der Waals surface area contributed by atoms with Gasteiger partial charge in [0.15, 0.2) is 5.82 Å². The van der Waals surface area contributed by atoms with E-state index in [-0.39, 0.29) is 5.97 Å². The van der Waals surface area contributed by atoms with E-state index < -0.39 is 0 Å². The van der Waals surface area contributed by atoms with Gasteiger partial charge in [0.1, 0.15) is 0 Å². The lowest BCUT2D eigenvalue weighted by molar-refractivity contribution is 0.0600. The first-order valence-corrected chi connectivity index (χ1v) is 11.7. The summed E-state index contributed by atoms with van der Waals surface area (Å²) in [5, 5.41) is 6.69. The fourth-order valence-corrected chi connectivity index (χ4v) is 4.51. The summed E-state index contributed by atoms with van der Waals surface area (Å²) in [5.41, 5.74) is 6.90. The Bertz CT molecular complexity index is 1180. The first-order valence-electron chi connectivity index (χ1n) is 11.7. The minimum atomic E-state index is -0.308. The zero-order valence-corrected chi connectivity index (χ0v) is 19.4. The van der Waals surface area contributed by atoms with Crippen LogP contribution in [0.15, 0.2) is 60.9 Å². The van der Waals surface area contributed by atoms with Crippen molar-refractivity contribution in [3.8, 4) is 22.5 Å². The topological polar surface area (TPSA) is 79.4 Å². The van der Waals surface area contributed by atoms with Gasteiger partial charge in [0, 0.05) is 38.3 Å². The Kier molecular flexibility index (Phi) is 6.65. The number of benzene rings is 2. The second-order valence-electron chi connectivity index (χ2n) is 8.51. The van der Waals surface area contributed by atoms with E-state index in [1.54, 1.807) is 0 Å². The highest BCUT2D eigenvalue weighted by Crippen LogP contribution is 2.31. The highest BCUT2D eigenvalue weighted by Gasteiger charge is 2.18. The molecule has 0 saturated carbocycles.